The second-order valence-corrected chi connectivity index (χ2v) is 12.5. The highest BCUT2D eigenvalue weighted by Crippen LogP contribution is 2.49. The Balaban J connectivity index is 1.47. The molecule has 8 aromatic rings. The summed E-state index contributed by atoms with van der Waals surface area (Å²) in [5, 5.41) is 8.54. The minimum absolute atomic E-state index is 1.10. The van der Waals surface area contributed by atoms with Crippen LogP contribution in [0, 0.1) is 0 Å². The van der Waals surface area contributed by atoms with Crippen molar-refractivity contribution in [2.24, 2.45) is 0 Å². The van der Waals surface area contributed by atoms with Crippen LogP contribution in [0.3, 0.4) is 0 Å². The van der Waals surface area contributed by atoms with Crippen LogP contribution in [-0.4, -0.2) is 0 Å². The van der Waals surface area contributed by atoms with E-state index in [2.05, 4.69) is 163 Å². The highest BCUT2D eigenvalue weighted by Gasteiger charge is 2.23. The van der Waals surface area contributed by atoms with Crippen LogP contribution in [0.2, 0.25) is 0 Å². The lowest BCUT2D eigenvalue weighted by atomic mass is 9.87. The molecule has 0 aliphatic heterocycles. The van der Waals surface area contributed by atoms with Crippen molar-refractivity contribution in [3.05, 3.63) is 168 Å². The molecule has 0 fully saturated rings. The van der Waals surface area contributed by atoms with E-state index in [1.54, 1.807) is 0 Å². The largest absolute Gasteiger partial charge is 0.134 e. The summed E-state index contributed by atoms with van der Waals surface area (Å²) < 4.78 is 1.30. The Morgan fingerprint density at radius 2 is 1.13 bits per heavy atom. The Hall–Kier alpha value is -5.68. The summed E-state index contributed by atoms with van der Waals surface area (Å²) >= 11 is 1.90. The lowest BCUT2D eigenvalue weighted by Gasteiger charge is -2.16. The molecule has 1 heterocycles. The van der Waals surface area contributed by atoms with Gasteiger partial charge in [0.2, 0.25) is 0 Å². The van der Waals surface area contributed by atoms with Crippen molar-refractivity contribution in [2.75, 3.05) is 0 Å². The third-order valence-corrected chi connectivity index (χ3v) is 10.2. The molecule has 1 heteroatoms. The van der Waals surface area contributed by atoms with E-state index in [0.29, 0.717) is 0 Å². The van der Waals surface area contributed by atoms with Crippen LogP contribution >= 0.6 is 11.3 Å². The molecule has 0 amide bonds. The van der Waals surface area contributed by atoms with Gasteiger partial charge < -0.3 is 0 Å². The zero-order valence-electron chi connectivity index (χ0n) is 24.4. The number of thiophene rings is 1. The highest BCUT2D eigenvalue weighted by molar-refractivity contribution is 7.23. The Morgan fingerprint density at radius 1 is 0.467 bits per heavy atom. The second kappa shape index (κ2) is 10.5. The van der Waals surface area contributed by atoms with Crippen LogP contribution in [0.5, 0.6) is 0 Å². The molecule has 1 aliphatic rings. The molecule has 0 unspecified atom stereocenters. The molecule has 9 rings (SSSR count). The second-order valence-electron chi connectivity index (χ2n) is 11.5. The van der Waals surface area contributed by atoms with Crippen LogP contribution in [0.1, 0.15) is 0 Å². The van der Waals surface area contributed by atoms with Gasteiger partial charge in [0.15, 0.2) is 0 Å². The Bertz CT molecular complexity index is 2650. The fourth-order valence-electron chi connectivity index (χ4n) is 6.92. The van der Waals surface area contributed by atoms with Crippen LogP contribution in [0.25, 0.3) is 87.3 Å². The van der Waals surface area contributed by atoms with Crippen molar-refractivity contribution in [2.45, 2.75) is 0 Å². The first-order valence-corrected chi connectivity index (χ1v) is 16.1. The monoisotopic (exact) mass is 586 g/mol. The van der Waals surface area contributed by atoms with E-state index in [4.69, 9.17) is 0 Å². The molecule has 0 saturated heterocycles. The standard InChI is InChI=1S/C44H26S/c1-3-15-30(16-4-1)34-24-13-25-39-41(33-27-26-29-14-7-8-19-32(29)28-33)44(45-43(34)39)42-37-22-11-9-20-35(37)40(31-17-5-2-6-18-31)36-21-10-12-23-38(36)42/h1-11,13-22,24-28H. The number of benzene rings is 7. The zero-order chi connectivity index (χ0) is 29.7. The van der Waals surface area contributed by atoms with Crippen molar-refractivity contribution in [3.63, 3.8) is 0 Å². The predicted molar refractivity (Wildman–Crippen MR) is 194 cm³/mol. The number of fused-ring (bicyclic) bond motifs is 4. The van der Waals surface area contributed by atoms with Gasteiger partial charge >= 0.3 is 0 Å². The minimum Gasteiger partial charge on any atom is -0.134 e. The van der Waals surface area contributed by atoms with Gasteiger partial charge in [-0.25, -0.2) is 0 Å². The summed E-state index contributed by atoms with van der Waals surface area (Å²) in [5.41, 5.74) is 15.6. The lowest BCUT2D eigenvalue weighted by molar-refractivity contribution is 1.54. The number of rotatable bonds is 4. The van der Waals surface area contributed by atoms with E-state index in [1.807, 2.05) is 17.4 Å². The first-order valence-electron chi connectivity index (χ1n) is 15.3. The number of hydrogen-bond donors (Lipinski definition) is 0. The fourth-order valence-corrected chi connectivity index (χ4v) is 8.34. The summed E-state index contributed by atoms with van der Waals surface area (Å²) in [6.45, 7) is 0. The molecule has 45 heavy (non-hydrogen) atoms. The maximum Gasteiger partial charge on any atom is 0.0453 e. The molecule has 0 spiro atoms. The van der Waals surface area contributed by atoms with Gasteiger partial charge in [-0.05, 0) is 72.8 Å². The quantitative estimate of drug-likeness (QED) is 0.180. The predicted octanol–water partition coefficient (Wildman–Crippen LogP) is 10.8. The van der Waals surface area contributed by atoms with E-state index in [0.717, 1.165) is 5.22 Å². The summed E-state index contributed by atoms with van der Waals surface area (Å²) in [4.78, 5) is 1.26. The molecule has 0 atom stereocenters. The van der Waals surface area contributed by atoms with Gasteiger partial charge in [-0.3, -0.25) is 0 Å². The van der Waals surface area contributed by atoms with Gasteiger partial charge in [0.25, 0.3) is 0 Å². The Kier molecular flexibility index (Phi) is 6.01. The maximum absolute atomic E-state index is 3.60. The van der Waals surface area contributed by atoms with E-state index >= 15 is 0 Å². The van der Waals surface area contributed by atoms with Gasteiger partial charge in [-0.1, -0.05) is 151 Å². The van der Waals surface area contributed by atoms with Gasteiger partial charge in [0.1, 0.15) is 0 Å². The average molecular weight is 587 g/mol. The maximum atomic E-state index is 3.60. The van der Waals surface area contributed by atoms with Gasteiger partial charge in [-0.2, -0.15) is 0 Å². The molecule has 0 radical (unpaired) electrons. The third kappa shape index (κ3) is 4.15. The average Bonchev–Trinajstić information content (AvgIpc) is 3.50. The van der Waals surface area contributed by atoms with Crippen molar-refractivity contribution in [3.8, 4) is 43.8 Å². The van der Waals surface area contributed by atoms with E-state index in [-0.39, 0.29) is 0 Å². The molecule has 7 aromatic carbocycles. The first kappa shape index (κ1) is 25.8. The van der Waals surface area contributed by atoms with Crippen LogP contribution in [-0.2, 0) is 0 Å². The van der Waals surface area contributed by atoms with Crippen molar-refractivity contribution in [1.82, 2.24) is 0 Å². The van der Waals surface area contributed by atoms with Crippen LogP contribution in [0.4, 0.5) is 0 Å². The van der Waals surface area contributed by atoms with Gasteiger partial charge in [0, 0.05) is 31.3 Å². The lowest BCUT2D eigenvalue weighted by Crippen LogP contribution is -2.29. The fraction of sp³-hybridized carbons (Fsp3) is 0. The summed E-state index contributed by atoms with van der Waals surface area (Å²) in [6.07, 6.45) is 4.21. The van der Waals surface area contributed by atoms with E-state index < -0.39 is 0 Å². The molecular formula is C44H26S. The SMILES string of the molecule is C1=C=c2c(-c3sc4c(-c5ccccc5)cccc4c3-c3ccc4ccccc4c3)c3ccccc3c(-c3ccccc3)c2=CC=1. The smallest absolute Gasteiger partial charge is 0.0453 e. The molecular weight excluding hydrogens is 561 g/mol. The zero-order valence-corrected chi connectivity index (χ0v) is 25.2. The molecule has 0 N–H and O–H groups in total. The van der Waals surface area contributed by atoms with Crippen LogP contribution in [0.15, 0.2) is 157 Å². The number of hydrogen-bond acceptors (Lipinski definition) is 1. The van der Waals surface area contributed by atoms with Gasteiger partial charge in [-0.15, -0.1) is 11.3 Å². The first-order chi connectivity index (χ1) is 22.3. The van der Waals surface area contributed by atoms with E-state index in [9.17, 15) is 0 Å². The highest BCUT2D eigenvalue weighted by atomic mass is 32.1. The Morgan fingerprint density at radius 3 is 1.93 bits per heavy atom. The minimum atomic E-state index is 1.10. The molecule has 208 valence electrons. The van der Waals surface area contributed by atoms with Crippen molar-refractivity contribution < 1.29 is 0 Å². The van der Waals surface area contributed by atoms with Gasteiger partial charge in [0.05, 0.1) is 0 Å². The normalized spacial score (nSPS) is 11.9. The van der Waals surface area contributed by atoms with Crippen molar-refractivity contribution in [1.29, 1.82) is 0 Å². The molecule has 0 bridgehead atoms. The topological polar surface area (TPSA) is 0 Å². The molecule has 0 nitrogen and oxygen atoms in total. The summed E-state index contributed by atoms with van der Waals surface area (Å²) in [5.74, 6) is 0. The molecule has 1 aliphatic carbocycles. The molecule has 1 aromatic heterocycles. The Labute approximate surface area is 265 Å². The summed E-state index contributed by atoms with van der Waals surface area (Å²) in [6, 6.07) is 52.7. The number of allylic oxidation sites excluding steroid dienone is 1. The summed E-state index contributed by atoms with van der Waals surface area (Å²) in [7, 11) is 0. The third-order valence-electron chi connectivity index (χ3n) is 8.91. The van der Waals surface area contributed by atoms with Crippen molar-refractivity contribution >= 4 is 54.8 Å². The van der Waals surface area contributed by atoms with E-state index in [1.165, 1.54) is 80.7 Å². The molecule has 0 saturated carbocycles. The van der Waals surface area contributed by atoms with Crippen LogP contribution < -0.4 is 10.4 Å².